The van der Waals surface area contributed by atoms with Crippen LogP contribution in [0.3, 0.4) is 0 Å². The van der Waals surface area contributed by atoms with Crippen molar-refractivity contribution in [3.8, 4) is 0 Å². The lowest BCUT2D eigenvalue weighted by Crippen LogP contribution is -2.31. The summed E-state index contributed by atoms with van der Waals surface area (Å²) in [6, 6.07) is 9.82. The molecule has 1 aliphatic rings. The summed E-state index contributed by atoms with van der Waals surface area (Å²) < 4.78 is 0. The second-order valence-corrected chi connectivity index (χ2v) is 6.13. The molecule has 1 heterocycles. The highest BCUT2D eigenvalue weighted by atomic mass is 15.2. The molecule has 1 aliphatic heterocycles. The van der Waals surface area contributed by atoms with Crippen LogP contribution in [-0.4, -0.2) is 49.6 Å². The van der Waals surface area contributed by atoms with E-state index >= 15 is 0 Å². The molecule has 1 N–H and O–H groups in total. The van der Waals surface area contributed by atoms with E-state index in [2.05, 4.69) is 60.4 Å². The van der Waals surface area contributed by atoms with E-state index in [0.29, 0.717) is 0 Å². The second kappa shape index (κ2) is 7.77. The van der Waals surface area contributed by atoms with Gasteiger partial charge in [0.1, 0.15) is 0 Å². The third-order valence-corrected chi connectivity index (χ3v) is 4.16. The number of nitrogens with one attached hydrogen (secondary N) is 1. The lowest BCUT2D eigenvalue weighted by molar-refractivity contribution is 0.264. The summed E-state index contributed by atoms with van der Waals surface area (Å²) in [5.41, 5.74) is 2.82. The number of rotatable bonds is 7. The lowest BCUT2D eigenvalue weighted by Gasteiger charge is -2.20. The van der Waals surface area contributed by atoms with Crippen molar-refractivity contribution >= 4 is 0 Å². The maximum absolute atomic E-state index is 3.45. The molecule has 112 valence electrons. The zero-order chi connectivity index (χ0) is 14.4. The summed E-state index contributed by atoms with van der Waals surface area (Å²) in [5.74, 6) is 0. The van der Waals surface area contributed by atoms with E-state index in [4.69, 9.17) is 0 Å². The van der Waals surface area contributed by atoms with Gasteiger partial charge in [-0.1, -0.05) is 31.2 Å². The van der Waals surface area contributed by atoms with Crippen molar-refractivity contribution in [2.45, 2.75) is 38.9 Å². The molecular weight excluding hydrogens is 246 g/mol. The smallest absolute Gasteiger partial charge is 0.0234 e. The average molecular weight is 275 g/mol. The summed E-state index contributed by atoms with van der Waals surface area (Å²) in [4.78, 5) is 4.91. The fraction of sp³-hybridized carbons (Fsp3) is 0.647. The van der Waals surface area contributed by atoms with E-state index in [-0.39, 0.29) is 0 Å². The number of benzene rings is 1. The molecule has 2 rings (SSSR count). The molecular formula is C17H29N3. The van der Waals surface area contributed by atoms with E-state index in [9.17, 15) is 0 Å². The maximum Gasteiger partial charge on any atom is 0.0234 e. The number of hydrogen-bond acceptors (Lipinski definition) is 3. The molecule has 1 aromatic rings. The van der Waals surface area contributed by atoms with Crippen molar-refractivity contribution in [3.63, 3.8) is 0 Å². The highest BCUT2D eigenvalue weighted by Gasteiger charge is 2.23. The van der Waals surface area contributed by atoms with Gasteiger partial charge in [-0.3, -0.25) is 4.90 Å². The largest absolute Gasteiger partial charge is 0.313 e. The SMILES string of the molecule is CCCNCc1ccc(CN2CCC(N(C)C)C2)cc1. The van der Waals surface area contributed by atoms with Gasteiger partial charge in [0.05, 0.1) is 0 Å². The Hall–Kier alpha value is -0.900. The molecule has 0 bridgehead atoms. The van der Waals surface area contributed by atoms with Crippen molar-refractivity contribution in [1.29, 1.82) is 0 Å². The topological polar surface area (TPSA) is 18.5 Å². The molecule has 1 atom stereocenters. The molecule has 0 aromatic heterocycles. The van der Waals surface area contributed by atoms with Gasteiger partial charge in [0, 0.05) is 32.2 Å². The van der Waals surface area contributed by atoms with E-state index in [1.165, 1.54) is 37.1 Å². The summed E-state index contributed by atoms with van der Waals surface area (Å²) >= 11 is 0. The van der Waals surface area contributed by atoms with Gasteiger partial charge in [-0.15, -0.1) is 0 Å². The van der Waals surface area contributed by atoms with Gasteiger partial charge in [0.25, 0.3) is 0 Å². The van der Waals surface area contributed by atoms with Crippen LogP contribution in [0.25, 0.3) is 0 Å². The Bertz CT molecular complexity index is 386. The Labute approximate surface area is 124 Å². The van der Waals surface area contributed by atoms with Gasteiger partial charge in [-0.05, 0) is 44.6 Å². The van der Waals surface area contributed by atoms with E-state index < -0.39 is 0 Å². The molecule has 3 nitrogen and oxygen atoms in total. The molecule has 0 saturated carbocycles. The zero-order valence-corrected chi connectivity index (χ0v) is 13.2. The summed E-state index contributed by atoms with van der Waals surface area (Å²) in [6.07, 6.45) is 2.49. The summed E-state index contributed by atoms with van der Waals surface area (Å²) in [6.45, 7) is 7.80. The van der Waals surface area contributed by atoms with Crippen LogP contribution in [0.1, 0.15) is 30.9 Å². The third-order valence-electron chi connectivity index (χ3n) is 4.16. The van der Waals surface area contributed by atoms with Crippen LogP contribution >= 0.6 is 0 Å². The van der Waals surface area contributed by atoms with E-state index in [0.717, 1.165) is 25.7 Å². The molecule has 20 heavy (non-hydrogen) atoms. The van der Waals surface area contributed by atoms with Gasteiger partial charge in [0.15, 0.2) is 0 Å². The van der Waals surface area contributed by atoms with Crippen LogP contribution < -0.4 is 5.32 Å². The molecule has 0 radical (unpaired) electrons. The standard InChI is InChI=1S/C17H29N3/c1-4-10-18-12-15-5-7-16(8-6-15)13-20-11-9-17(14-20)19(2)3/h5-8,17-18H,4,9-14H2,1-3H3. The molecule has 0 aliphatic carbocycles. The van der Waals surface area contributed by atoms with Crippen LogP contribution in [-0.2, 0) is 13.1 Å². The Kier molecular flexibility index (Phi) is 6.02. The minimum Gasteiger partial charge on any atom is -0.313 e. The minimum atomic E-state index is 0.729. The molecule has 1 fully saturated rings. The Morgan fingerprint density at radius 2 is 1.90 bits per heavy atom. The quantitative estimate of drug-likeness (QED) is 0.771. The first-order valence-corrected chi connectivity index (χ1v) is 7.86. The second-order valence-electron chi connectivity index (χ2n) is 6.13. The van der Waals surface area contributed by atoms with Crippen molar-refractivity contribution in [1.82, 2.24) is 15.1 Å². The van der Waals surface area contributed by atoms with Gasteiger partial charge in [-0.25, -0.2) is 0 Å². The molecule has 0 spiro atoms. The first kappa shape index (κ1) is 15.5. The van der Waals surface area contributed by atoms with Crippen LogP contribution in [0, 0.1) is 0 Å². The van der Waals surface area contributed by atoms with Gasteiger partial charge >= 0.3 is 0 Å². The average Bonchev–Trinajstić information content (AvgIpc) is 2.90. The van der Waals surface area contributed by atoms with Crippen LogP contribution in [0.2, 0.25) is 0 Å². The molecule has 1 unspecified atom stereocenters. The fourth-order valence-corrected chi connectivity index (χ4v) is 2.81. The van der Waals surface area contributed by atoms with Crippen LogP contribution in [0.15, 0.2) is 24.3 Å². The van der Waals surface area contributed by atoms with E-state index in [1.807, 2.05) is 0 Å². The minimum absolute atomic E-state index is 0.729. The Morgan fingerprint density at radius 1 is 1.20 bits per heavy atom. The molecule has 0 amide bonds. The van der Waals surface area contributed by atoms with Crippen molar-refractivity contribution < 1.29 is 0 Å². The highest BCUT2D eigenvalue weighted by Crippen LogP contribution is 2.16. The molecule has 3 heteroatoms. The predicted octanol–water partition coefficient (Wildman–Crippen LogP) is 2.32. The monoisotopic (exact) mass is 275 g/mol. The van der Waals surface area contributed by atoms with Gasteiger partial charge in [-0.2, -0.15) is 0 Å². The fourth-order valence-electron chi connectivity index (χ4n) is 2.81. The zero-order valence-electron chi connectivity index (χ0n) is 13.2. The Balaban J connectivity index is 1.79. The van der Waals surface area contributed by atoms with Gasteiger partial charge < -0.3 is 10.2 Å². The third kappa shape index (κ3) is 4.58. The molecule has 1 saturated heterocycles. The van der Waals surface area contributed by atoms with Crippen molar-refractivity contribution in [2.75, 3.05) is 33.7 Å². The van der Waals surface area contributed by atoms with E-state index in [1.54, 1.807) is 0 Å². The first-order valence-electron chi connectivity index (χ1n) is 7.86. The van der Waals surface area contributed by atoms with Gasteiger partial charge in [0.2, 0.25) is 0 Å². The Morgan fingerprint density at radius 3 is 2.50 bits per heavy atom. The number of likely N-dealkylation sites (N-methyl/N-ethyl adjacent to an activating group) is 1. The molecule has 1 aromatic carbocycles. The lowest BCUT2D eigenvalue weighted by atomic mass is 10.1. The van der Waals surface area contributed by atoms with Crippen LogP contribution in [0.4, 0.5) is 0 Å². The predicted molar refractivity (Wildman–Crippen MR) is 85.8 cm³/mol. The first-order chi connectivity index (χ1) is 9.69. The highest BCUT2D eigenvalue weighted by molar-refractivity contribution is 5.22. The number of likely N-dealkylation sites (tertiary alicyclic amines) is 1. The number of nitrogens with zero attached hydrogens (tertiary/aromatic N) is 2. The summed E-state index contributed by atoms with van der Waals surface area (Å²) in [5, 5.41) is 3.45. The van der Waals surface area contributed by atoms with Crippen molar-refractivity contribution in [3.05, 3.63) is 35.4 Å². The number of hydrogen-bond donors (Lipinski definition) is 1. The van der Waals surface area contributed by atoms with Crippen molar-refractivity contribution in [2.24, 2.45) is 0 Å². The normalized spacial score (nSPS) is 19.9. The maximum atomic E-state index is 3.45. The van der Waals surface area contributed by atoms with Crippen LogP contribution in [0.5, 0.6) is 0 Å². The summed E-state index contributed by atoms with van der Waals surface area (Å²) in [7, 11) is 4.37.